The van der Waals surface area contributed by atoms with E-state index < -0.39 is 17.7 Å². The number of carbonyl (C=O) groups is 2. The number of carbonyl (C=O) groups excluding carboxylic acids is 2. The van der Waals surface area contributed by atoms with Crippen molar-refractivity contribution in [2.75, 3.05) is 26.2 Å². The van der Waals surface area contributed by atoms with E-state index in [1.165, 1.54) is 0 Å². The van der Waals surface area contributed by atoms with Gasteiger partial charge in [-0.25, -0.2) is 0 Å². The van der Waals surface area contributed by atoms with Gasteiger partial charge in [-0.1, -0.05) is 37.6 Å². The van der Waals surface area contributed by atoms with Crippen molar-refractivity contribution in [2.45, 2.75) is 39.3 Å². The van der Waals surface area contributed by atoms with Crippen molar-refractivity contribution in [2.24, 2.45) is 0 Å². The van der Waals surface area contributed by atoms with Gasteiger partial charge in [-0.15, -0.1) is 0 Å². The summed E-state index contributed by atoms with van der Waals surface area (Å²) in [5.74, 6) is -0.676. The van der Waals surface area contributed by atoms with Crippen molar-refractivity contribution in [1.82, 2.24) is 9.80 Å². The molecule has 0 unspecified atom stereocenters. The molecule has 0 spiro atoms. The number of ether oxygens (including phenoxy) is 1. The van der Waals surface area contributed by atoms with E-state index in [1.54, 1.807) is 35.2 Å². The molecule has 1 saturated heterocycles. The molecule has 2 aromatic carbocycles. The number of Topliss-reactive ketones (excluding diaryl/α,β-unsaturated/α-hetero) is 1. The topological polar surface area (TPSA) is 70.1 Å². The van der Waals surface area contributed by atoms with Crippen molar-refractivity contribution in [3.63, 3.8) is 0 Å². The molecule has 2 heterocycles. The quantitative estimate of drug-likeness (QED) is 0.370. The van der Waals surface area contributed by atoms with Gasteiger partial charge in [0.2, 0.25) is 0 Å². The average molecular weight is 469 g/mol. The van der Waals surface area contributed by atoms with Crippen LogP contribution in [-0.4, -0.2) is 58.9 Å². The van der Waals surface area contributed by atoms with E-state index in [1.807, 2.05) is 19.1 Å². The third-order valence-electron chi connectivity index (χ3n) is 6.43. The minimum absolute atomic E-state index is 0.0644. The highest BCUT2D eigenvalue weighted by atomic mass is 35.5. The fourth-order valence-corrected chi connectivity index (χ4v) is 4.85. The number of likely N-dealkylation sites (N-methyl/N-ethyl adjacent to an activating group) is 1. The van der Waals surface area contributed by atoms with Gasteiger partial charge in [-0.05, 0) is 61.5 Å². The Labute approximate surface area is 199 Å². The molecule has 2 atom stereocenters. The first-order valence-corrected chi connectivity index (χ1v) is 11.8. The molecule has 2 aliphatic heterocycles. The van der Waals surface area contributed by atoms with Gasteiger partial charge in [0.25, 0.3) is 11.7 Å². The maximum atomic E-state index is 13.2. The molecule has 33 heavy (non-hydrogen) atoms. The van der Waals surface area contributed by atoms with E-state index in [0.717, 1.165) is 30.8 Å². The molecule has 0 saturated carbocycles. The lowest BCUT2D eigenvalue weighted by atomic mass is 9.94. The Bertz CT molecular complexity index is 1110. The van der Waals surface area contributed by atoms with E-state index in [-0.39, 0.29) is 17.4 Å². The number of hydrogen-bond acceptors (Lipinski definition) is 5. The maximum absolute atomic E-state index is 13.2. The van der Waals surface area contributed by atoms with Crippen LogP contribution >= 0.6 is 11.6 Å². The Morgan fingerprint density at radius 2 is 1.94 bits per heavy atom. The number of likely N-dealkylation sites (tertiary alicyclic amines) is 1. The minimum atomic E-state index is -0.706. The fourth-order valence-electron chi connectivity index (χ4n) is 4.65. The van der Waals surface area contributed by atoms with Crippen LogP contribution in [0.5, 0.6) is 5.75 Å². The van der Waals surface area contributed by atoms with Gasteiger partial charge in [0, 0.05) is 30.1 Å². The first-order valence-electron chi connectivity index (χ1n) is 11.4. The van der Waals surface area contributed by atoms with Crippen molar-refractivity contribution in [1.29, 1.82) is 0 Å². The van der Waals surface area contributed by atoms with Crippen LogP contribution in [0.1, 0.15) is 43.5 Å². The minimum Gasteiger partial charge on any atom is -0.507 e. The standard InChI is InChI=1S/C26H29ClN2O4/c1-4-28(5-2)11-12-29-23(17-7-6-8-20(27)15-17)22(25(31)26(29)32)24(30)18-9-10-21-19(14-18)13-16(3)33-21/h6-10,14-16,23,30H,4-5,11-13H2,1-3H3/b24-22+/t16-,23-/m0/s1. The number of aliphatic hydroxyl groups is 1. The first-order chi connectivity index (χ1) is 15.8. The van der Waals surface area contributed by atoms with Crippen LogP contribution in [0.4, 0.5) is 0 Å². The number of hydrogen-bond donors (Lipinski definition) is 1. The number of ketones is 1. The average Bonchev–Trinajstić information content (AvgIpc) is 3.30. The smallest absolute Gasteiger partial charge is 0.295 e. The molecule has 1 amide bonds. The van der Waals surface area contributed by atoms with Gasteiger partial charge in [-0.2, -0.15) is 0 Å². The molecule has 174 valence electrons. The summed E-state index contributed by atoms with van der Waals surface area (Å²) in [6.07, 6.45) is 0.793. The Morgan fingerprint density at radius 1 is 1.18 bits per heavy atom. The summed E-state index contributed by atoms with van der Waals surface area (Å²) >= 11 is 6.25. The Hall–Kier alpha value is -2.83. The van der Waals surface area contributed by atoms with Crippen molar-refractivity contribution in [3.8, 4) is 5.75 Å². The molecule has 2 aliphatic rings. The van der Waals surface area contributed by atoms with Gasteiger partial charge in [0.15, 0.2) is 0 Å². The van der Waals surface area contributed by atoms with Crippen molar-refractivity contribution >= 4 is 29.1 Å². The van der Waals surface area contributed by atoms with E-state index >= 15 is 0 Å². The monoisotopic (exact) mass is 468 g/mol. The lowest BCUT2D eigenvalue weighted by Gasteiger charge is -2.28. The highest BCUT2D eigenvalue weighted by molar-refractivity contribution is 6.46. The molecule has 6 nitrogen and oxygen atoms in total. The molecule has 1 N–H and O–H groups in total. The number of aliphatic hydroxyl groups excluding tert-OH is 1. The third-order valence-corrected chi connectivity index (χ3v) is 6.66. The summed E-state index contributed by atoms with van der Waals surface area (Å²) in [6.45, 7) is 8.80. The van der Waals surface area contributed by atoms with E-state index in [9.17, 15) is 14.7 Å². The molecule has 0 radical (unpaired) electrons. The van der Waals surface area contributed by atoms with Crippen LogP contribution in [0.25, 0.3) is 5.76 Å². The Morgan fingerprint density at radius 3 is 2.64 bits per heavy atom. The predicted molar refractivity (Wildman–Crippen MR) is 128 cm³/mol. The predicted octanol–water partition coefficient (Wildman–Crippen LogP) is 4.43. The van der Waals surface area contributed by atoms with E-state index in [2.05, 4.69) is 18.7 Å². The van der Waals surface area contributed by atoms with Crippen LogP contribution in [0.3, 0.4) is 0 Å². The van der Waals surface area contributed by atoms with Crippen LogP contribution in [0.2, 0.25) is 5.02 Å². The molecule has 1 fully saturated rings. The van der Waals surface area contributed by atoms with E-state index in [0.29, 0.717) is 29.2 Å². The van der Waals surface area contributed by atoms with Crippen LogP contribution in [0.15, 0.2) is 48.0 Å². The highest BCUT2D eigenvalue weighted by Crippen LogP contribution is 2.41. The molecular weight excluding hydrogens is 440 g/mol. The SMILES string of the molecule is CCN(CC)CCN1C(=O)C(=O)/C(=C(/O)c2ccc3c(c2)C[C@H](C)O3)[C@@H]1c1cccc(Cl)c1. The summed E-state index contributed by atoms with van der Waals surface area (Å²) in [6, 6.07) is 11.8. The molecule has 7 heteroatoms. The van der Waals surface area contributed by atoms with Gasteiger partial charge in [-0.3, -0.25) is 9.59 Å². The number of rotatable bonds is 7. The molecule has 0 aromatic heterocycles. The van der Waals surface area contributed by atoms with Gasteiger partial charge >= 0.3 is 0 Å². The molecule has 4 rings (SSSR count). The number of halogens is 1. The second-order valence-electron chi connectivity index (χ2n) is 8.53. The summed E-state index contributed by atoms with van der Waals surface area (Å²) in [4.78, 5) is 30.0. The van der Waals surface area contributed by atoms with E-state index in [4.69, 9.17) is 16.3 Å². The number of benzene rings is 2. The second kappa shape index (κ2) is 9.57. The Balaban J connectivity index is 1.79. The number of amides is 1. The maximum Gasteiger partial charge on any atom is 0.295 e. The van der Waals surface area contributed by atoms with Crippen molar-refractivity contribution < 1.29 is 19.4 Å². The zero-order valence-corrected chi connectivity index (χ0v) is 19.9. The second-order valence-corrected chi connectivity index (χ2v) is 8.97. The number of nitrogens with zero attached hydrogens (tertiary/aromatic N) is 2. The van der Waals surface area contributed by atoms with Crippen molar-refractivity contribution in [3.05, 3.63) is 69.8 Å². The third kappa shape index (κ3) is 4.50. The fraction of sp³-hybridized carbons (Fsp3) is 0.385. The summed E-state index contributed by atoms with van der Waals surface area (Å²) in [5, 5.41) is 11.8. The molecular formula is C26H29ClN2O4. The first kappa shape index (κ1) is 23.3. The summed E-state index contributed by atoms with van der Waals surface area (Å²) in [7, 11) is 0. The lowest BCUT2D eigenvalue weighted by molar-refractivity contribution is -0.140. The van der Waals surface area contributed by atoms with Crippen LogP contribution < -0.4 is 4.74 Å². The number of fused-ring (bicyclic) bond motifs is 1. The normalized spacial score (nSPS) is 21.5. The van der Waals surface area contributed by atoms with Gasteiger partial charge in [0.1, 0.15) is 17.6 Å². The van der Waals surface area contributed by atoms with Gasteiger partial charge in [0.05, 0.1) is 11.6 Å². The summed E-state index contributed by atoms with van der Waals surface area (Å²) in [5.41, 5.74) is 2.26. The zero-order chi connectivity index (χ0) is 23.7. The molecule has 0 bridgehead atoms. The molecule has 2 aromatic rings. The summed E-state index contributed by atoms with van der Waals surface area (Å²) < 4.78 is 5.76. The highest BCUT2D eigenvalue weighted by Gasteiger charge is 2.46. The lowest BCUT2D eigenvalue weighted by Crippen LogP contribution is -2.38. The zero-order valence-electron chi connectivity index (χ0n) is 19.2. The largest absolute Gasteiger partial charge is 0.507 e. The Kier molecular flexibility index (Phi) is 6.77. The molecule has 0 aliphatic carbocycles. The van der Waals surface area contributed by atoms with Crippen LogP contribution in [-0.2, 0) is 16.0 Å². The van der Waals surface area contributed by atoms with Crippen LogP contribution in [0, 0.1) is 0 Å². The van der Waals surface area contributed by atoms with Gasteiger partial charge < -0.3 is 19.6 Å².